The summed E-state index contributed by atoms with van der Waals surface area (Å²) in [5.74, 6) is -0.490. The van der Waals surface area contributed by atoms with Crippen molar-refractivity contribution in [3.63, 3.8) is 0 Å². The molecule has 52 heavy (non-hydrogen) atoms. The van der Waals surface area contributed by atoms with Gasteiger partial charge in [0.15, 0.2) is 5.65 Å². The molecule has 0 aliphatic heterocycles. The number of nitrogens with zero attached hydrogens (tertiary/aromatic N) is 6. The molecule has 0 saturated heterocycles. The summed E-state index contributed by atoms with van der Waals surface area (Å²) in [5, 5.41) is 20.9. The molecule has 0 amide bonds. The van der Waals surface area contributed by atoms with E-state index in [1.807, 2.05) is 42.4 Å². The summed E-state index contributed by atoms with van der Waals surface area (Å²) in [4.78, 5) is 39.2. The number of phenolic OH excluding ortho intramolecular Hbond substituents is 1. The molecular formula is C40H40F2N6O4. The summed E-state index contributed by atoms with van der Waals surface area (Å²) >= 11 is 0. The summed E-state index contributed by atoms with van der Waals surface area (Å²) in [6.07, 6.45) is 10.3. The molecule has 268 valence electrons. The minimum Gasteiger partial charge on any atom is -0.508 e. The summed E-state index contributed by atoms with van der Waals surface area (Å²) in [5.41, 5.74) is 2.86. The number of hydrogen-bond donors (Lipinski definition) is 2. The Bertz CT molecular complexity index is 2430. The van der Waals surface area contributed by atoms with Crippen LogP contribution in [0.25, 0.3) is 33.5 Å². The molecule has 2 N–H and O–H groups in total. The van der Waals surface area contributed by atoms with Crippen LogP contribution < -0.4 is 11.2 Å². The molecule has 8 rings (SSSR count). The van der Waals surface area contributed by atoms with Gasteiger partial charge in [0.1, 0.15) is 23.0 Å². The van der Waals surface area contributed by atoms with Gasteiger partial charge < -0.3 is 14.6 Å². The normalized spacial score (nSPS) is 18.4. The number of rotatable bonds is 10. The average Bonchev–Trinajstić information content (AvgIpc) is 3.70. The zero-order chi connectivity index (χ0) is 36.1. The Balaban J connectivity index is 1.08. The molecule has 2 saturated carbocycles. The number of halogens is 2. The molecule has 6 aromatic rings. The van der Waals surface area contributed by atoms with E-state index in [0.717, 1.165) is 73.2 Å². The Morgan fingerprint density at radius 2 is 1.77 bits per heavy atom. The highest BCUT2D eigenvalue weighted by Crippen LogP contribution is 2.37. The number of benzene rings is 2. The first-order valence-corrected chi connectivity index (χ1v) is 17.8. The van der Waals surface area contributed by atoms with Gasteiger partial charge in [0.05, 0.1) is 28.6 Å². The Morgan fingerprint density at radius 1 is 0.962 bits per heavy atom. The molecule has 12 heteroatoms. The SMILES string of the molecule is CN(Cc1cc(O)ccc1-c1cccc(-n2c(=O)n(C3CCC(CCc4cn5cc(F)ccc5n4)CC3)c(=O)c3cc(F)cnc32)c1)CC1(O)CC1. The number of aromatic hydroxyl groups is 1. The van der Waals surface area contributed by atoms with E-state index in [1.165, 1.54) is 21.4 Å². The molecule has 4 heterocycles. The number of likely N-dealkylation sites (N-methyl/N-ethyl adjacent to an activating group) is 1. The molecule has 10 nitrogen and oxygen atoms in total. The molecule has 2 aliphatic carbocycles. The van der Waals surface area contributed by atoms with Gasteiger partial charge in [-0.1, -0.05) is 18.2 Å². The molecule has 0 spiro atoms. The Kier molecular flexibility index (Phi) is 8.75. The Labute approximate surface area is 298 Å². The number of aryl methyl sites for hydroxylation is 1. The van der Waals surface area contributed by atoms with E-state index in [2.05, 4.69) is 9.97 Å². The van der Waals surface area contributed by atoms with Crippen molar-refractivity contribution in [2.24, 2.45) is 5.92 Å². The van der Waals surface area contributed by atoms with E-state index in [-0.39, 0.29) is 28.6 Å². The summed E-state index contributed by atoms with van der Waals surface area (Å²) in [7, 11) is 1.93. The van der Waals surface area contributed by atoms with Crippen molar-refractivity contribution in [3.05, 3.63) is 123 Å². The first kappa shape index (κ1) is 33.9. The third-order valence-corrected chi connectivity index (χ3v) is 10.7. The number of aromatic nitrogens is 5. The molecule has 0 atom stereocenters. The van der Waals surface area contributed by atoms with Crippen molar-refractivity contribution in [2.45, 2.75) is 69.6 Å². The monoisotopic (exact) mass is 706 g/mol. The van der Waals surface area contributed by atoms with Gasteiger partial charge in [-0.15, -0.1) is 0 Å². The van der Waals surface area contributed by atoms with Crippen LogP contribution in [0, 0.1) is 17.6 Å². The van der Waals surface area contributed by atoms with Crippen LogP contribution in [0.4, 0.5) is 8.78 Å². The molecule has 2 aliphatic rings. The molecule has 0 unspecified atom stereocenters. The Morgan fingerprint density at radius 3 is 2.56 bits per heavy atom. The third kappa shape index (κ3) is 6.75. The van der Waals surface area contributed by atoms with E-state index in [1.54, 1.807) is 28.7 Å². The van der Waals surface area contributed by atoms with Gasteiger partial charge >= 0.3 is 5.69 Å². The van der Waals surface area contributed by atoms with E-state index in [9.17, 15) is 28.6 Å². The van der Waals surface area contributed by atoms with Gasteiger partial charge in [0.2, 0.25) is 0 Å². The Hall–Kier alpha value is -5.20. The molecule has 0 radical (unpaired) electrons. The fourth-order valence-electron chi connectivity index (χ4n) is 7.88. The first-order valence-electron chi connectivity index (χ1n) is 17.8. The van der Waals surface area contributed by atoms with Crippen LogP contribution in [0.2, 0.25) is 0 Å². The predicted molar refractivity (Wildman–Crippen MR) is 194 cm³/mol. The van der Waals surface area contributed by atoms with Gasteiger partial charge in [-0.05, 0) is 123 Å². The lowest BCUT2D eigenvalue weighted by Gasteiger charge is -2.30. The zero-order valence-corrected chi connectivity index (χ0v) is 28.9. The van der Waals surface area contributed by atoms with Crippen LogP contribution in [0.5, 0.6) is 5.75 Å². The van der Waals surface area contributed by atoms with Gasteiger partial charge in [-0.25, -0.2) is 28.1 Å². The maximum absolute atomic E-state index is 14.6. The van der Waals surface area contributed by atoms with Gasteiger partial charge in [0.25, 0.3) is 5.56 Å². The summed E-state index contributed by atoms with van der Waals surface area (Å²) in [6, 6.07) is 16.3. The molecule has 4 aromatic heterocycles. The number of pyridine rings is 2. The maximum Gasteiger partial charge on any atom is 0.337 e. The summed E-state index contributed by atoms with van der Waals surface area (Å²) < 4.78 is 32.6. The lowest BCUT2D eigenvalue weighted by molar-refractivity contribution is 0.101. The van der Waals surface area contributed by atoms with Crippen LogP contribution >= 0.6 is 0 Å². The largest absolute Gasteiger partial charge is 0.508 e. The molecule has 0 bridgehead atoms. The second-order valence-corrected chi connectivity index (χ2v) is 14.7. The van der Waals surface area contributed by atoms with Gasteiger partial charge in [-0.2, -0.15) is 0 Å². The lowest BCUT2D eigenvalue weighted by Crippen LogP contribution is -2.43. The van der Waals surface area contributed by atoms with Crippen molar-refractivity contribution >= 4 is 16.7 Å². The second-order valence-electron chi connectivity index (χ2n) is 14.7. The van der Waals surface area contributed by atoms with E-state index >= 15 is 0 Å². The fraction of sp³-hybridized carbons (Fsp3) is 0.350. The van der Waals surface area contributed by atoms with Crippen LogP contribution in [-0.4, -0.2) is 57.8 Å². The highest BCUT2D eigenvalue weighted by atomic mass is 19.1. The maximum atomic E-state index is 14.6. The summed E-state index contributed by atoms with van der Waals surface area (Å²) in [6.45, 7) is 0.992. The number of aliphatic hydroxyl groups is 1. The number of hydrogen-bond acceptors (Lipinski definition) is 7. The van der Waals surface area contributed by atoms with Crippen LogP contribution in [0.3, 0.4) is 0 Å². The number of imidazole rings is 1. The topological polar surface area (TPSA) is 118 Å². The molecule has 2 aromatic carbocycles. The minimum atomic E-state index is -0.665. The smallest absolute Gasteiger partial charge is 0.337 e. The van der Waals surface area contributed by atoms with E-state index in [4.69, 9.17) is 0 Å². The molecule has 2 fully saturated rings. The highest BCUT2D eigenvalue weighted by molar-refractivity contribution is 5.77. The first-order chi connectivity index (χ1) is 25.0. The lowest BCUT2D eigenvalue weighted by atomic mass is 9.83. The van der Waals surface area contributed by atoms with Crippen LogP contribution in [0.15, 0.2) is 88.8 Å². The number of phenols is 1. The standard InChI is InChI=1S/C40H40F2N6O4/c1-45(24-40(52)15-16-40)21-27-18-33(49)12-13-34(27)26-3-2-4-32(17-26)47-37-35(19-29(42)20-43-37)38(50)48(39(47)51)31-10-6-25(7-11-31)5-9-30-23-46-22-28(41)8-14-36(46)44-30/h2-4,8,12-14,17-20,22-23,25,31,49,52H,5-7,9-11,15-16,21,24H2,1H3. The van der Waals surface area contributed by atoms with Crippen LogP contribution in [0.1, 0.15) is 62.2 Å². The quantitative estimate of drug-likeness (QED) is 0.175. The minimum absolute atomic E-state index is 0.0281. The number of fused-ring (bicyclic) bond motifs is 2. The van der Waals surface area contributed by atoms with E-state index < -0.39 is 22.7 Å². The van der Waals surface area contributed by atoms with Crippen molar-refractivity contribution in [2.75, 3.05) is 13.6 Å². The van der Waals surface area contributed by atoms with Gasteiger partial charge in [-0.3, -0.25) is 14.3 Å². The van der Waals surface area contributed by atoms with Crippen molar-refractivity contribution in [3.8, 4) is 22.6 Å². The van der Waals surface area contributed by atoms with Crippen molar-refractivity contribution in [1.82, 2.24) is 28.4 Å². The zero-order valence-electron chi connectivity index (χ0n) is 28.9. The van der Waals surface area contributed by atoms with Gasteiger partial charge in [0, 0.05) is 31.5 Å². The van der Waals surface area contributed by atoms with Crippen LogP contribution in [-0.2, 0) is 13.0 Å². The predicted octanol–water partition coefficient (Wildman–Crippen LogP) is 6.17. The second kappa shape index (κ2) is 13.4. The molecular weight excluding hydrogens is 666 g/mol. The van der Waals surface area contributed by atoms with E-state index in [0.29, 0.717) is 43.2 Å². The van der Waals surface area contributed by atoms with Crippen molar-refractivity contribution in [1.29, 1.82) is 0 Å². The average molecular weight is 707 g/mol. The fourth-order valence-corrected chi connectivity index (χ4v) is 7.88. The third-order valence-electron chi connectivity index (χ3n) is 10.7. The highest BCUT2D eigenvalue weighted by Gasteiger charge is 2.41. The van der Waals surface area contributed by atoms with Crippen molar-refractivity contribution < 1.29 is 19.0 Å².